The number of carbonyl (C=O) groups excluding carboxylic acids is 3. The number of allylic oxidation sites excluding steroid dienone is 20. The molecule has 0 aliphatic carbocycles. The van der Waals surface area contributed by atoms with E-state index >= 15 is 0 Å². The van der Waals surface area contributed by atoms with Crippen LogP contribution in [-0.2, 0) is 28.6 Å². The monoisotopic (exact) mass is 1150 g/mol. The molecule has 474 valence electrons. The van der Waals surface area contributed by atoms with Crippen LogP contribution in [0.15, 0.2) is 122 Å². The fourth-order valence-corrected chi connectivity index (χ4v) is 9.75. The van der Waals surface area contributed by atoms with Crippen molar-refractivity contribution >= 4 is 17.9 Å². The summed E-state index contributed by atoms with van der Waals surface area (Å²) in [6.07, 6.45) is 98.1. The molecule has 0 aliphatic rings. The van der Waals surface area contributed by atoms with Gasteiger partial charge in [-0.25, -0.2) is 0 Å². The van der Waals surface area contributed by atoms with E-state index in [0.29, 0.717) is 19.3 Å². The first-order chi connectivity index (χ1) is 41.0. The van der Waals surface area contributed by atoms with Gasteiger partial charge in [-0.15, -0.1) is 0 Å². The summed E-state index contributed by atoms with van der Waals surface area (Å²) < 4.78 is 16.9. The predicted octanol–water partition coefficient (Wildman–Crippen LogP) is 24.3. The van der Waals surface area contributed by atoms with E-state index < -0.39 is 6.10 Å². The quantitative estimate of drug-likeness (QED) is 0.0261. The van der Waals surface area contributed by atoms with Crippen LogP contribution in [0, 0.1) is 0 Å². The van der Waals surface area contributed by atoms with Gasteiger partial charge >= 0.3 is 17.9 Å². The second kappa shape index (κ2) is 70.3. The Morgan fingerprint density at radius 1 is 0.253 bits per heavy atom. The van der Waals surface area contributed by atoms with Gasteiger partial charge in [0, 0.05) is 19.3 Å². The maximum Gasteiger partial charge on any atom is 0.306 e. The molecule has 0 fully saturated rings. The first kappa shape index (κ1) is 78.8. The smallest absolute Gasteiger partial charge is 0.306 e. The van der Waals surface area contributed by atoms with Crippen LogP contribution in [0.25, 0.3) is 0 Å². The highest BCUT2D eigenvalue weighted by Gasteiger charge is 2.19. The molecule has 0 heterocycles. The summed E-state index contributed by atoms with van der Waals surface area (Å²) in [6, 6.07) is 0. The Bertz CT molecular complexity index is 1700. The molecule has 0 N–H and O–H groups in total. The summed E-state index contributed by atoms with van der Waals surface area (Å²) in [4.78, 5) is 38.4. The maximum absolute atomic E-state index is 12.9. The zero-order chi connectivity index (χ0) is 59.9. The molecule has 0 bridgehead atoms. The third-order valence-electron chi connectivity index (χ3n) is 14.9. The van der Waals surface area contributed by atoms with Gasteiger partial charge in [-0.3, -0.25) is 14.4 Å². The molecule has 0 saturated heterocycles. The van der Waals surface area contributed by atoms with Crippen LogP contribution in [0.4, 0.5) is 0 Å². The number of carbonyl (C=O) groups is 3. The zero-order valence-electron chi connectivity index (χ0n) is 54.4. The third-order valence-corrected chi connectivity index (χ3v) is 14.9. The maximum atomic E-state index is 12.9. The molecule has 0 rings (SSSR count). The number of esters is 3. The van der Waals surface area contributed by atoms with E-state index in [0.717, 1.165) is 122 Å². The number of hydrogen-bond acceptors (Lipinski definition) is 6. The molecule has 0 aliphatic heterocycles. The summed E-state index contributed by atoms with van der Waals surface area (Å²) in [5.41, 5.74) is 0. The molecule has 1 atom stereocenters. The normalized spacial score (nSPS) is 12.9. The van der Waals surface area contributed by atoms with Crippen molar-refractivity contribution < 1.29 is 28.6 Å². The van der Waals surface area contributed by atoms with Crippen LogP contribution >= 0.6 is 0 Å². The second-order valence-corrected chi connectivity index (χ2v) is 23.0. The van der Waals surface area contributed by atoms with Gasteiger partial charge in [0.2, 0.25) is 0 Å². The van der Waals surface area contributed by atoms with Crippen molar-refractivity contribution in [2.45, 2.75) is 335 Å². The molecule has 83 heavy (non-hydrogen) atoms. The van der Waals surface area contributed by atoms with Gasteiger partial charge in [-0.1, -0.05) is 303 Å². The highest BCUT2D eigenvalue weighted by molar-refractivity contribution is 5.71. The molecule has 0 amide bonds. The van der Waals surface area contributed by atoms with Crippen LogP contribution in [0.5, 0.6) is 0 Å². The van der Waals surface area contributed by atoms with Crippen molar-refractivity contribution in [3.8, 4) is 0 Å². The van der Waals surface area contributed by atoms with E-state index in [4.69, 9.17) is 14.2 Å². The van der Waals surface area contributed by atoms with Crippen molar-refractivity contribution in [1.29, 1.82) is 0 Å². The van der Waals surface area contributed by atoms with E-state index in [1.807, 2.05) is 0 Å². The van der Waals surface area contributed by atoms with E-state index in [9.17, 15) is 14.4 Å². The van der Waals surface area contributed by atoms with Crippen molar-refractivity contribution in [2.75, 3.05) is 13.2 Å². The van der Waals surface area contributed by atoms with Crippen LogP contribution in [0.1, 0.15) is 329 Å². The van der Waals surface area contributed by atoms with Crippen LogP contribution < -0.4 is 0 Å². The van der Waals surface area contributed by atoms with E-state index in [1.54, 1.807) is 0 Å². The number of ether oxygens (including phenoxy) is 3. The average molecular weight is 1150 g/mol. The zero-order valence-corrected chi connectivity index (χ0v) is 54.4. The summed E-state index contributed by atoms with van der Waals surface area (Å²) in [5.74, 6) is -0.940. The lowest BCUT2D eigenvalue weighted by atomic mass is 10.0. The minimum absolute atomic E-state index is 0.0955. The third kappa shape index (κ3) is 68.5. The molecule has 6 heteroatoms. The largest absolute Gasteiger partial charge is 0.462 e. The van der Waals surface area contributed by atoms with Gasteiger partial charge in [-0.2, -0.15) is 0 Å². The van der Waals surface area contributed by atoms with Crippen molar-refractivity contribution in [2.24, 2.45) is 0 Å². The first-order valence-corrected chi connectivity index (χ1v) is 35.0. The summed E-state index contributed by atoms with van der Waals surface area (Å²) >= 11 is 0. The Kier molecular flexibility index (Phi) is 66.7. The molecule has 0 aromatic rings. The predicted molar refractivity (Wildman–Crippen MR) is 362 cm³/mol. The molecule has 0 spiro atoms. The number of unbranched alkanes of at least 4 members (excludes halogenated alkanes) is 32. The number of rotatable bonds is 63. The van der Waals surface area contributed by atoms with Gasteiger partial charge in [0.05, 0.1) is 0 Å². The SMILES string of the molecule is CC/C=C\C/C=C\C/C=C\C/C=C\CCCCC(=O)OCC(COC(=O)CCCCCCCCCCCCCCCCCCCC/C=C\C/C=C\C/C=C\CCCCCCC)OC(=O)CCCCCCCCC/C=C\C/C=C\C/C=C\CC. The van der Waals surface area contributed by atoms with Crippen LogP contribution in [0.3, 0.4) is 0 Å². The molecular weight excluding hydrogens is 1020 g/mol. The number of hydrogen-bond donors (Lipinski definition) is 0. The van der Waals surface area contributed by atoms with Gasteiger partial charge in [0.15, 0.2) is 6.10 Å². The summed E-state index contributed by atoms with van der Waals surface area (Å²) in [7, 11) is 0. The highest BCUT2D eigenvalue weighted by Crippen LogP contribution is 2.17. The molecule has 0 radical (unpaired) electrons. The lowest BCUT2D eigenvalue weighted by molar-refractivity contribution is -0.167. The van der Waals surface area contributed by atoms with Crippen LogP contribution in [0.2, 0.25) is 0 Å². The van der Waals surface area contributed by atoms with Gasteiger partial charge in [0.25, 0.3) is 0 Å². The highest BCUT2D eigenvalue weighted by atomic mass is 16.6. The lowest BCUT2D eigenvalue weighted by Gasteiger charge is -2.18. The Labute approximate surface area is 513 Å². The summed E-state index contributed by atoms with van der Waals surface area (Å²) in [5, 5.41) is 0. The van der Waals surface area contributed by atoms with E-state index in [-0.39, 0.29) is 31.1 Å². The van der Waals surface area contributed by atoms with E-state index in [1.165, 1.54) is 167 Å². The fourth-order valence-electron chi connectivity index (χ4n) is 9.75. The molecule has 0 aromatic carbocycles. The molecule has 0 saturated carbocycles. The molecule has 1 unspecified atom stereocenters. The Morgan fingerprint density at radius 2 is 0.470 bits per heavy atom. The Hall–Kier alpha value is -4.19. The van der Waals surface area contributed by atoms with Crippen LogP contribution in [-0.4, -0.2) is 37.2 Å². The van der Waals surface area contributed by atoms with Crippen molar-refractivity contribution in [3.05, 3.63) is 122 Å². The Balaban J connectivity index is 4.23. The van der Waals surface area contributed by atoms with Crippen molar-refractivity contribution in [3.63, 3.8) is 0 Å². The van der Waals surface area contributed by atoms with Gasteiger partial charge in [-0.05, 0) is 128 Å². The molecule has 0 aromatic heterocycles. The fraction of sp³-hybridized carbons (Fsp3) is 0.701. The minimum atomic E-state index is -0.804. The second-order valence-electron chi connectivity index (χ2n) is 23.0. The minimum Gasteiger partial charge on any atom is -0.462 e. The van der Waals surface area contributed by atoms with Gasteiger partial charge < -0.3 is 14.2 Å². The average Bonchev–Trinajstić information content (AvgIpc) is 3.49. The summed E-state index contributed by atoms with van der Waals surface area (Å²) in [6.45, 7) is 6.38. The van der Waals surface area contributed by atoms with E-state index in [2.05, 4.69) is 142 Å². The van der Waals surface area contributed by atoms with Gasteiger partial charge in [0.1, 0.15) is 13.2 Å². The standard InChI is InChI=1S/C77H130O6/c1-4-7-10-13-16-19-22-25-28-30-31-32-33-34-35-36-37-38-39-40-41-42-43-44-45-47-49-52-55-58-61-64-67-70-76(79)82-73-74(72-81-75(78)69-66-63-60-57-54-51-48-27-24-21-18-15-12-9-6-3)83-77(80)71-68-65-62-59-56-53-50-46-29-26-23-20-17-14-11-8-5-2/h8-9,11-12,17-18,20-22,25-27,29-31,33-34,48,54,57,74H,4-7,10,13-16,19,23-24,28,32,35-47,49-53,55-56,58-73H2,1-3H3/b11-8-,12-9-,20-17-,21-18-,25-22-,29-26-,31-30-,34-33-,48-27-,57-54-. The lowest BCUT2D eigenvalue weighted by Crippen LogP contribution is -2.30. The first-order valence-electron chi connectivity index (χ1n) is 35.0. The van der Waals surface area contributed by atoms with Crippen molar-refractivity contribution in [1.82, 2.24) is 0 Å². The molecular formula is C77H130O6. The topological polar surface area (TPSA) is 78.9 Å². The molecule has 6 nitrogen and oxygen atoms in total. The Morgan fingerprint density at radius 3 is 0.759 bits per heavy atom.